The summed E-state index contributed by atoms with van der Waals surface area (Å²) >= 11 is 7.53. The van der Waals surface area contributed by atoms with Crippen LogP contribution in [0.25, 0.3) is 0 Å². The highest BCUT2D eigenvalue weighted by Crippen LogP contribution is 2.27. The number of imidazole rings is 1. The van der Waals surface area contributed by atoms with Crippen LogP contribution < -0.4 is 5.32 Å². The number of hydrogen-bond donors (Lipinski definition) is 1. The molecule has 4 nitrogen and oxygen atoms in total. The maximum absolute atomic E-state index is 12.6. The summed E-state index contributed by atoms with van der Waals surface area (Å²) in [6.45, 7) is 11.1. The van der Waals surface area contributed by atoms with Gasteiger partial charge in [-0.3, -0.25) is 4.79 Å². The minimum Gasteiger partial charge on any atom is -0.325 e. The molecule has 25 heavy (non-hydrogen) atoms. The van der Waals surface area contributed by atoms with Crippen LogP contribution in [0.1, 0.15) is 43.6 Å². The number of halogens is 1. The Balaban J connectivity index is 2.11. The Hall–Kier alpha value is -1.46. The van der Waals surface area contributed by atoms with Crippen LogP contribution in [0.4, 0.5) is 5.69 Å². The minimum absolute atomic E-state index is 0.0456. The second kappa shape index (κ2) is 8.77. The molecule has 2 rings (SSSR count). The van der Waals surface area contributed by atoms with E-state index in [0.717, 1.165) is 41.5 Å². The van der Waals surface area contributed by atoms with Crippen molar-refractivity contribution in [2.24, 2.45) is 0 Å². The molecule has 1 atom stereocenters. The highest BCUT2D eigenvalue weighted by Gasteiger charge is 2.20. The quantitative estimate of drug-likeness (QED) is 0.657. The van der Waals surface area contributed by atoms with E-state index in [1.54, 1.807) is 6.07 Å². The first-order valence-electron chi connectivity index (χ1n) is 8.60. The zero-order valence-corrected chi connectivity index (χ0v) is 17.1. The molecule has 0 saturated heterocycles. The number of rotatable bonds is 7. The average molecular weight is 380 g/mol. The molecule has 1 N–H and O–H groups in total. The Kier molecular flexibility index (Phi) is 6.96. The Bertz CT molecular complexity index is 757. The molecule has 1 aromatic carbocycles. The van der Waals surface area contributed by atoms with Crippen molar-refractivity contribution in [2.45, 2.75) is 64.4 Å². The summed E-state index contributed by atoms with van der Waals surface area (Å²) in [5, 5.41) is 4.25. The van der Waals surface area contributed by atoms with Gasteiger partial charge >= 0.3 is 0 Å². The standard InChI is InChI=1S/C19H26ClN3OS/c1-6-7-10-23-14(4)13(3)21-19(23)25-15(5)18(24)22-17-11-16(20)9-8-12(17)2/h8-9,11,15H,6-7,10H2,1-5H3,(H,22,24)/t15-/m1/s1. The number of aromatic nitrogens is 2. The van der Waals surface area contributed by atoms with Gasteiger partial charge in [-0.1, -0.05) is 42.8 Å². The lowest BCUT2D eigenvalue weighted by molar-refractivity contribution is -0.115. The summed E-state index contributed by atoms with van der Waals surface area (Å²) in [5.74, 6) is -0.0456. The van der Waals surface area contributed by atoms with E-state index in [2.05, 4.69) is 28.7 Å². The number of aryl methyl sites for hydroxylation is 2. The van der Waals surface area contributed by atoms with Crippen LogP contribution in [-0.2, 0) is 11.3 Å². The Morgan fingerprint density at radius 1 is 1.36 bits per heavy atom. The van der Waals surface area contributed by atoms with Crippen LogP contribution >= 0.6 is 23.4 Å². The van der Waals surface area contributed by atoms with Crippen LogP contribution in [0.3, 0.4) is 0 Å². The first kappa shape index (κ1) is 19.9. The van der Waals surface area contributed by atoms with Gasteiger partial charge in [-0.05, 0) is 51.8 Å². The largest absolute Gasteiger partial charge is 0.325 e. The lowest BCUT2D eigenvalue weighted by atomic mass is 10.2. The summed E-state index contributed by atoms with van der Waals surface area (Å²) in [5.41, 5.74) is 3.95. The normalized spacial score (nSPS) is 12.2. The molecule has 1 amide bonds. The Morgan fingerprint density at radius 3 is 2.76 bits per heavy atom. The summed E-state index contributed by atoms with van der Waals surface area (Å²) in [6.07, 6.45) is 2.23. The van der Waals surface area contributed by atoms with Gasteiger partial charge in [-0.25, -0.2) is 4.98 Å². The molecule has 0 aliphatic carbocycles. The number of benzene rings is 1. The number of unbranched alkanes of at least 4 members (excludes halogenated alkanes) is 1. The first-order valence-corrected chi connectivity index (χ1v) is 9.86. The number of carbonyl (C=O) groups excluding carboxylic acids is 1. The van der Waals surface area contributed by atoms with Gasteiger partial charge in [0.1, 0.15) is 0 Å². The van der Waals surface area contributed by atoms with E-state index in [1.807, 2.05) is 32.9 Å². The van der Waals surface area contributed by atoms with Gasteiger partial charge in [0.2, 0.25) is 5.91 Å². The third-order valence-corrected chi connectivity index (χ3v) is 5.59. The molecule has 0 spiro atoms. The fourth-order valence-electron chi connectivity index (χ4n) is 2.47. The number of anilines is 1. The molecule has 136 valence electrons. The van der Waals surface area contributed by atoms with Gasteiger partial charge in [0.25, 0.3) is 0 Å². The van der Waals surface area contributed by atoms with E-state index in [1.165, 1.54) is 17.5 Å². The van der Waals surface area contributed by atoms with E-state index < -0.39 is 0 Å². The van der Waals surface area contributed by atoms with Crippen molar-refractivity contribution < 1.29 is 4.79 Å². The molecule has 0 aliphatic rings. The predicted molar refractivity (Wildman–Crippen MR) is 107 cm³/mol. The molecule has 2 aromatic rings. The molecule has 6 heteroatoms. The number of nitrogens with zero attached hydrogens (tertiary/aromatic N) is 2. The molecule has 0 unspecified atom stereocenters. The lowest BCUT2D eigenvalue weighted by Crippen LogP contribution is -2.23. The summed E-state index contributed by atoms with van der Waals surface area (Å²) in [4.78, 5) is 17.2. The number of nitrogens with one attached hydrogen (secondary N) is 1. The topological polar surface area (TPSA) is 46.9 Å². The smallest absolute Gasteiger partial charge is 0.237 e. The Morgan fingerprint density at radius 2 is 2.08 bits per heavy atom. The second-order valence-electron chi connectivity index (χ2n) is 6.28. The summed E-state index contributed by atoms with van der Waals surface area (Å²) in [7, 11) is 0. The number of amides is 1. The molecule has 1 heterocycles. The van der Waals surface area contributed by atoms with Gasteiger partial charge in [0.05, 0.1) is 10.9 Å². The molecular weight excluding hydrogens is 354 g/mol. The van der Waals surface area contributed by atoms with Crippen LogP contribution in [0.5, 0.6) is 0 Å². The molecule has 0 radical (unpaired) electrons. The van der Waals surface area contributed by atoms with Gasteiger partial charge in [0.15, 0.2) is 5.16 Å². The number of hydrogen-bond acceptors (Lipinski definition) is 3. The molecular formula is C19H26ClN3OS. The van der Waals surface area contributed by atoms with E-state index in [-0.39, 0.29) is 11.2 Å². The van der Waals surface area contributed by atoms with Crippen molar-refractivity contribution in [2.75, 3.05) is 5.32 Å². The average Bonchev–Trinajstić information content (AvgIpc) is 2.83. The second-order valence-corrected chi connectivity index (χ2v) is 8.02. The van der Waals surface area contributed by atoms with Crippen LogP contribution in [0.2, 0.25) is 5.02 Å². The maximum atomic E-state index is 12.6. The fourth-order valence-corrected chi connectivity index (χ4v) is 3.67. The number of thioether (sulfide) groups is 1. The molecule has 0 saturated carbocycles. The third-order valence-electron chi connectivity index (χ3n) is 4.27. The van der Waals surface area contributed by atoms with E-state index in [0.29, 0.717) is 5.02 Å². The van der Waals surface area contributed by atoms with E-state index >= 15 is 0 Å². The zero-order valence-electron chi connectivity index (χ0n) is 15.5. The maximum Gasteiger partial charge on any atom is 0.237 e. The first-order chi connectivity index (χ1) is 11.8. The van der Waals surface area contributed by atoms with E-state index in [9.17, 15) is 4.79 Å². The lowest BCUT2D eigenvalue weighted by Gasteiger charge is -2.15. The van der Waals surface area contributed by atoms with Crippen LogP contribution in [-0.4, -0.2) is 20.7 Å². The van der Waals surface area contributed by atoms with Gasteiger partial charge in [-0.15, -0.1) is 0 Å². The van der Waals surface area contributed by atoms with Crippen molar-refractivity contribution >= 4 is 35.0 Å². The zero-order chi connectivity index (χ0) is 18.6. The molecule has 1 aromatic heterocycles. The minimum atomic E-state index is -0.250. The van der Waals surface area contributed by atoms with Crippen LogP contribution in [0.15, 0.2) is 23.4 Å². The fraction of sp³-hybridized carbons (Fsp3) is 0.474. The number of carbonyl (C=O) groups is 1. The SMILES string of the molecule is CCCCn1c(S[C@H](C)C(=O)Nc2cc(Cl)ccc2C)nc(C)c1C. The van der Waals surface area contributed by atoms with Gasteiger partial charge in [0, 0.05) is 22.9 Å². The van der Waals surface area contributed by atoms with Crippen molar-refractivity contribution in [3.63, 3.8) is 0 Å². The summed E-state index contributed by atoms with van der Waals surface area (Å²) in [6, 6.07) is 5.50. The van der Waals surface area contributed by atoms with Gasteiger partial charge in [-0.2, -0.15) is 0 Å². The highest BCUT2D eigenvalue weighted by molar-refractivity contribution is 8.00. The molecule has 0 fully saturated rings. The third kappa shape index (κ3) is 5.02. The summed E-state index contributed by atoms with van der Waals surface area (Å²) < 4.78 is 2.22. The molecule has 0 aliphatic heterocycles. The van der Waals surface area contributed by atoms with Crippen molar-refractivity contribution in [3.05, 3.63) is 40.2 Å². The van der Waals surface area contributed by atoms with Crippen molar-refractivity contribution in [3.8, 4) is 0 Å². The van der Waals surface area contributed by atoms with Crippen molar-refractivity contribution in [1.29, 1.82) is 0 Å². The molecule has 0 bridgehead atoms. The predicted octanol–water partition coefficient (Wildman–Crippen LogP) is 5.38. The van der Waals surface area contributed by atoms with Crippen molar-refractivity contribution in [1.82, 2.24) is 9.55 Å². The van der Waals surface area contributed by atoms with Gasteiger partial charge < -0.3 is 9.88 Å². The van der Waals surface area contributed by atoms with Crippen LogP contribution in [0, 0.1) is 20.8 Å². The Labute approximate surface area is 159 Å². The highest BCUT2D eigenvalue weighted by atomic mass is 35.5. The monoisotopic (exact) mass is 379 g/mol. The van der Waals surface area contributed by atoms with E-state index in [4.69, 9.17) is 11.6 Å².